The summed E-state index contributed by atoms with van der Waals surface area (Å²) in [5, 5.41) is 3.34. The predicted molar refractivity (Wildman–Crippen MR) is 76.9 cm³/mol. The van der Waals surface area contributed by atoms with Crippen molar-refractivity contribution < 1.29 is 21.6 Å². The van der Waals surface area contributed by atoms with Crippen molar-refractivity contribution in [3.8, 4) is 0 Å². The van der Waals surface area contributed by atoms with Crippen LogP contribution < -0.4 is 10.0 Å². The van der Waals surface area contributed by atoms with E-state index in [1.54, 1.807) is 0 Å². The third-order valence-corrected chi connectivity index (χ3v) is 5.60. The smallest absolute Gasteiger partial charge is 0.246 e. The highest BCUT2D eigenvalue weighted by atomic mass is 35.5. The van der Waals surface area contributed by atoms with E-state index < -0.39 is 32.4 Å². The zero-order valence-corrected chi connectivity index (χ0v) is 13.1. The van der Waals surface area contributed by atoms with E-state index in [9.17, 15) is 21.6 Å². The Bertz CT molecular complexity index is 636. The summed E-state index contributed by atoms with van der Waals surface area (Å²) in [7, 11) is -4.35. The molecule has 0 amide bonds. The maximum atomic E-state index is 13.6. The number of rotatable bonds is 3. The van der Waals surface area contributed by atoms with Crippen LogP contribution in [0.1, 0.15) is 25.7 Å². The number of sulfonamides is 1. The van der Waals surface area contributed by atoms with Gasteiger partial charge in [0, 0.05) is 30.3 Å². The fraction of sp³-hybridized carbons (Fsp3) is 0.538. The van der Waals surface area contributed by atoms with Crippen LogP contribution in [-0.4, -0.2) is 26.5 Å². The Morgan fingerprint density at radius 2 is 1.55 bits per heavy atom. The number of benzene rings is 1. The van der Waals surface area contributed by atoms with Gasteiger partial charge in [-0.05, 0) is 25.7 Å². The van der Waals surface area contributed by atoms with Crippen molar-refractivity contribution in [3.05, 3.63) is 29.6 Å². The van der Waals surface area contributed by atoms with Crippen LogP contribution in [0.5, 0.6) is 0 Å². The van der Waals surface area contributed by atoms with Crippen molar-refractivity contribution in [1.29, 1.82) is 0 Å². The topological polar surface area (TPSA) is 58.2 Å². The van der Waals surface area contributed by atoms with Crippen LogP contribution >= 0.6 is 12.4 Å². The summed E-state index contributed by atoms with van der Waals surface area (Å²) < 4.78 is 66.7. The maximum Gasteiger partial charge on any atom is 0.246 e. The summed E-state index contributed by atoms with van der Waals surface area (Å²) in [6.45, 7) is 0. The lowest BCUT2D eigenvalue weighted by atomic mass is 10.0. The van der Waals surface area contributed by atoms with E-state index in [1.165, 1.54) is 0 Å². The van der Waals surface area contributed by atoms with Gasteiger partial charge in [0.25, 0.3) is 0 Å². The van der Waals surface area contributed by atoms with Crippen molar-refractivity contribution >= 4 is 22.4 Å². The predicted octanol–water partition coefficient (Wildman–Crippen LogP) is 2.09. The van der Waals surface area contributed by atoms with E-state index >= 15 is 0 Å². The summed E-state index contributed by atoms with van der Waals surface area (Å²) in [6.07, 6.45) is 3.12. The summed E-state index contributed by atoms with van der Waals surface area (Å²) in [5.41, 5.74) is 0. The SMILES string of the molecule is Cl.O=S(=O)(NC1CC2CCC(C1)N2)c1c(F)cc(F)cc1F. The molecule has 0 aromatic heterocycles. The van der Waals surface area contributed by atoms with Gasteiger partial charge < -0.3 is 5.32 Å². The third-order valence-electron chi connectivity index (χ3n) is 4.03. The molecule has 2 fully saturated rings. The molecule has 124 valence electrons. The van der Waals surface area contributed by atoms with Crippen LogP contribution in [0.4, 0.5) is 13.2 Å². The van der Waals surface area contributed by atoms with Crippen LogP contribution in [0.2, 0.25) is 0 Å². The van der Waals surface area contributed by atoms with Gasteiger partial charge in [0.1, 0.15) is 17.5 Å². The molecule has 2 aliphatic heterocycles. The van der Waals surface area contributed by atoms with Crippen molar-refractivity contribution in [2.24, 2.45) is 0 Å². The van der Waals surface area contributed by atoms with E-state index in [1.807, 2.05) is 0 Å². The van der Waals surface area contributed by atoms with Crippen LogP contribution in [0.15, 0.2) is 17.0 Å². The molecule has 2 bridgehead atoms. The second-order valence-electron chi connectivity index (χ2n) is 5.63. The van der Waals surface area contributed by atoms with E-state index in [0.29, 0.717) is 25.0 Å². The first-order valence-corrected chi connectivity index (χ1v) is 8.26. The zero-order chi connectivity index (χ0) is 15.2. The highest BCUT2D eigenvalue weighted by molar-refractivity contribution is 7.89. The number of halogens is 4. The molecule has 2 heterocycles. The van der Waals surface area contributed by atoms with Gasteiger partial charge in [-0.1, -0.05) is 0 Å². The van der Waals surface area contributed by atoms with Gasteiger partial charge in [-0.3, -0.25) is 0 Å². The fourth-order valence-electron chi connectivity index (χ4n) is 3.22. The van der Waals surface area contributed by atoms with Crippen LogP contribution in [0, 0.1) is 17.5 Å². The number of hydrogen-bond donors (Lipinski definition) is 2. The summed E-state index contributed by atoms with van der Waals surface area (Å²) >= 11 is 0. The number of hydrogen-bond acceptors (Lipinski definition) is 3. The molecule has 4 nitrogen and oxygen atoms in total. The lowest BCUT2D eigenvalue weighted by Gasteiger charge is -2.29. The number of nitrogens with one attached hydrogen (secondary N) is 2. The summed E-state index contributed by atoms with van der Waals surface area (Å²) in [5.74, 6) is -3.99. The molecule has 2 saturated heterocycles. The molecular weight excluding hydrogens is 341 g/mol. The first-order valence-electron chi connectivity index (χ1n) is 6.78. The Hall–Kier alpha value is -0.830. The molecule has 2 atom stereocenters. The average Bonchev–Trinajstić information content (AvgIpc) is 2.66. The molecule has 2 aliphatic rings. The highest BCUT2D eigenvalue weighted by Crippen LogP contribution is 2.28. The van der Waals surface area contributed by atoms with Gasteiger partial charge in [-0.2, -0.15) is 0 Å². The largest absolute Gasteiger partial charge is 0.311 e. The van der Waals surface area contributed by atoms with Crippen LogP contribution in [0.3, 0.4) is 0 Å². The second kappa shape index (κ2) is 6.35. The second-order valence-corrected chi connectivity index (χ2v) is 7.28. The van der Waals surface area contributed by atoms with Gasteiger partial charge in [0.2, 0.25) is 10.0 Å². The van der Waals surface area contributed by atoms with Gasteiger partial charge in [-0.25, -0.2) is 26.3 Å². The normalized spacial score (nSPS) is 27.5. The lowest BCUT2D eigenvalue weighted by Crippen LogP contribution is -2.48. The van der Waals surface area contributed by atoms with Crippen molar-refractivity contribution in [1.82, 2.24) is 10.0 Å². The quantitative estimate of drug-likeness (QED) is 0.872. The Morgan fingerprint density at radius 3 is 2.05 bits per heavy atom. The minimum absolute atomic E-state index is 0. The molecule has 0 radical (unpaired) electrons. The minimum atomic E-state index is -4.35. The van der Waals surface area contributed by atoms with Gasteiger partial charge in [0.15, 0.2) is 4.90 Å². The molecule has 2 N–H and O–H groups in total. The molecule has 2 unspecified atom stereocenters. The molecule has 1 aromatic carbocycles. The van der Waals surface area contributed by atoms with Crippen molar-refractivity contribution in [2.45, 2.75) is 48.7 Å². The third kappa shape index (κ3) is 3.40. The summed E-state index contributed by atoms with van der Waals surface area (Å²) in [6, 6.07) is 0.837. The van der Waals surface area contributed by atoms with E-state index in [0.717, 1.165) is 12.8 Å². The van der Waals surface area contributed by atoms with E-state index in [2.05, 4.69) is 10.0 Å². The summed E-state index contributed by atoms with van der Waals surface area (Å²) in [4.78, 5) is -1.12. The van der Waals surface area contributed by atoms with Crippen molar-refractivity contribution in [3.63, 3.8) is 0 Å². The molecular formula is C13H16ClF3N2O2S. The van der Waals surface area contributed by atoms with E-state index in [-0.39, 0.29) is 30.5 Å². The molecule has 1 aromatic rings. The van der Waals surface area contributed by atoms with E-state index in [4.69, 9.17) is 0 Å². The molecule has 22 heavy (non-hydrogen) atoms. The van der Waals surface area contributed by atoms with Crippen LogP contribution in [0.25, 0.3) is 0 Å². The standard InChI is InChI=1S/C13H15F3N2O2S.ClH/c14-7-3-11(15)13(12(16)4-7)21(19,20)18-10-5-8-1-2-9(6-10)17-8;/h3-4,8-10,17-18H,1-2,5-6H2;1H. The molecule has 0 spiro atoms. The number of piperidine rings is 1. The van der Waals surface area contributed by atoms with Gasteiger partial charge >= 0.3 is 0 Å². The molecule has 3 rings (SSSR count). The van der Waals surface area contributed by atoms with Gasteiger partial charge in [0.05, 0.1) is 0 Å². The molecule has 0 saturated carbocycles. The lowest BCUT2D eigenvalue weighted by molar-refractivity contribution is 0.344. The van der Waals surface area contributed by atoms with Crippen molar-refractivity contribution in [2.75, 3.05) is 0 Å². The molecule has 0 aliphatic carbocycles. The zero-order valence-electron chi connectivity index (χ0n) is 11.5. The average molecular weight is 357 g/mol. The first kappa shape index (κ1) is 17.5. The molecule has 9 heteroatoms. The van der Waals surface area contributed by atoms with Crippen LogP contribution in [-0.2, 0) is 10.0 Å². The Morgan fingerprint density at radius 1 is 1.05 bits per heavy atom. The highest BCUT2D eigenvalue weighted by Gasteiger charge is 2.36. The Kier molecular flexibility index (Phi) is 5.06. The Labute approximate surface area is 132 Å². The fourth-order valence-corrected chi connectivity index (χ4v) is 4.60. The minimum Gasteiger partial charge on any atom is -0.311 e. The Balaban J connectivity index is 0.00000176. The maximum absolute atomic E-state index is 13.6. The van der Waals surface area contributed by atoms with Gasteiger partial charge in [-0.15, -0.1) is 12.4 Å². The first-order chi connectivity index (χ1) is 9.85. The monoisotopic (exact) mass is 356 g/mol. The number of fused-ring (bicyclic) bond motifs is 2.